The van der Waals surface area contributed by atoms with Crippen molar-refractivity contribution in [1.82, 2.24) is 4.90 Å². The van der Waals surface area contributed by atoms with Gasteiger partial charge in [-0.05, 0) is 84.9 Å². The summed E-state index contributed by atoms with van der Waals surface area (Å²) in [6.07, 6.45) is 0.412. The first kappa shape index (κ1) is 26.9. The van der Waals surface area contributed by atoms with E-state index in [1.165, 1.54) is 29.2 Å². The molecule has 0 aromatic heterocycles. The predicted molar refractivity (Wildman–Crippen MR) is 146 cm³/mol. The highest BCUT2D eigenvalue weighted by Crippen LogP contribution is 2.31. The molecule has 1 unspecified atom stereocenters. The molecule has 0 saturated carbocycles. The molecule has 1 aliphatic heterocycles. The number of anilines is 2. The van der Waals surface area contributed by atoms with Gasteiger partial charge in [0.25, 0.3) is 5.91 Å². The highest BCUT2D eigenvalue weighted by atomic mass is 32.1. The molecule has 1 saturated heterocycles. The van der Waals surface area contributed by atoms with Crippen molar-refractivity contribution in [3.63, 3.8) is 0 Å². The summed E-state index contributed by atoms with van der Waals surface area (Å²) in [4.78, 5) is 29.7. The standard InChI is InChI=1S/C28H28FN3O5S/c1-35-22-11-9-21(10-12-22)32-27(34)23(17-26(33)30-20-7-5-19(29)6-8-20)31(28(32)38)15-14-18-4-13-24(36-2)25(16-18)37-3/h4-13,16,23H,14-15,17H2,1-3H3,(H,30,33). The minimum Gasteiger partial charge on any atom is -0.497 e. The molecule has 0 aliphatic carbocycles. The largest absolute Gasteiger partial charge is 0.497 e. The van der Waals surface area contributed by atoms with E-state index in [4.69, 9.17) is 26.4 Å². The summed E-state index contributed by atoms with van der Waals surface area (Å²) in [6, 6.07) is 17.2. The Morgan fingerprint density at radius 2 is 1.63 bits per heavy atom. The van der Waals surface area contributed by atoms with Crippen molar-refractivity contribution in [3.05, 3.63) is 78.1 Å². The number of carbonyl (C=O) groups is 2. The van der Waals surface area contributed by atoms with E-state index in [-0.39, 0.29) is 18.2 Å². The van der Waals surface area contributed by atoms with Gasteiger partial charge in [-0.2, -0.15) is 0 Å². The van der Waals surface area contributed by atoms with Crippen LogP contribution in [0.1, 0.15) is 12.0 Å². The van der Waals surface area contributed by atoms with E-state index < -0.39 is 11.9 Å². The van der Waals surface area contributed by atoms with Crippen LogP contribution < -0.4 is 24.4 Å². The van der Waals surface area contributed by atoms with Crippen molar-refractivity contribution in [2.75, 3.05) is 38.1 Å². The summed E-state index contributed by atoms with van der Waals surface area (Å²) in [5, 5.41) is 3.04. The van der Waals surface area contributed by atoms with Crippen LogP contribution in [0.3, 0.4) is 0 Å². The van der Waals surface area contributed by atoms with Gasteiger partial charge in [-0.25, -0.2) is 4.39 Å². The normalized spacial score (nSPS) is 15.0. The van der Waals surface area contributed by atoms with E-state index in [2.05, 4.69) is 5.32 Å². The quantitative estimate of drug-likeness (QED) is 0.384. The minimum atomic E-state index is -0.815. The zero-order valence-corrected chi connectivity index (χ0v) is 22.1. The second-order valence-corrected chi connectivity index (χ2v) is 8.93. The first-order valence-electron chi connectivity index (χ1n) is 11.9. The second-order valence-electron chi connectivity index (χ2n) is 8.56. The molecule has 1 N–H and O–H groups in total. The van der Waals surface area contributed by atoms with Crippen LogP contribution in [0.5, 0.6) is 17.2 Å². The molecule has 1 aliphatic rings. The Bertz CT molecular complexity index is 1320. The lowest BCUT2D eigenvalue weighted by Crippen LogP contribution is -2.39. The molecule has 0 bridgehead atoms. The first-order chi connectivity index (χ1) is 18.3. The predicted octanol–water partition coefficient (Wildman–Crippen LogP) is 4.43. The molecule has 4 rings (SSSR count). The molecule has 1 heterocycles. The van der Waals surface area contributed by atoms with Gasteiger partial charge in [-0.1, -0.05) is 6.07 Å². The number of nitrogens with zero attached hydrogens (tertiary/aromatic N) is 2. The molecule has 10 heteroatoms. The average molecular weight is 538 g/mol. The van der Waals surface area contributed by atoms with Gasteiger partial charge >= 0.3 is 0 Å². The number of carbonyl (C=O) groups excluding carboxylic acids is 2. The Hall–Kier alpha value is -4.18. The first-order valence-corrected chi connectivity index (χ1v) is 12.3. The van der Waals surface area contributed by atoms with Crippen LogP contribution in [0.2, 0.25) is 0 Å². The van der Waals surface area contributed by atoms with Crippen LogP contribution in [0.25, 0.3) is 0 Å². The molecular formula is C28H28FN3O5S. The molecule has 3 aromatic carbocycles. The Balaban J connectivity index is 1.56. The Morgan fingerprint density at radius 1 is 0.947 bits per heavy atom. The Morgan fingerprint density at radius 3 is 2.26 bits per heavy atom. The van der Waals surface area contributed by atoms with Gasteiger partial charge in [0, 0.05) is 12.2 Å². The van der Waals surface area contributed by atoms with Gasteiger partial charge in [-0.15, -0.1) is 0 Å². The van der Waals surface area contributed by atoms with E-state index in [9.17, 15) is 14.0 Å². The minimum absolute atomic E-state index is 0.130. The Kier molecular flexibility index (Phi) is 8.42. The molecule has 3 aromatic rings. The van der Waals surface area contributed by atoms with E-state index in [1.807, 2.05) is 18.2 Å². The number of benzene rings is 3. The number of hydrogen-bond acceptors (Lipinski definition) is 6. The smallest absolute Gasteiger partial charge is 0.256 e. The summed E-state index contributed by atoms with van der Waals surface area (Å²) in [7, 11) is 4.70. The van der Waals surface area contributed by atoms with Crippen molar-refractivity contribution < 1.29 is 28.2 Å². The number of hydrogen-bond donors (Lipinski definition) is 1. The maximum Gasteiger partial charge on any atom is 0.256 e. The molecule has 1 atom stereocenters. The number of thiocarbonyl (C=S) groups is 1. The highest BCUT2D eigenvalue weighted by Gasteiger charge is 2.44. The summed E-state index contributed by atoms with van der Waals surface area (Å²) in [5.41, 5.74) is 1.97. The topological polar surface area (TPSA) is 80.3 Å². The fourth-order valence-corrected chi connectivity index (χ4v) is 4.68. The molecule has 0 spiro atoms. The van der Waals surface area contributed by atoms with Gasteiger partial charge in [0.1, 0.15) is 17.6 Å². The van der Waals surface area contributed by atoms with Gasteiger partial charge in [0.15, 0.2) is 16.6 Å². The number of halogens is 1. The summed E-state index contributed by atoms with van der Waals surface area (Å²) in [5.74, 6) is 0.763. The van der Waals surface area contributed by atoms with Crippen LogP contribution in [-0.4, -0.2) is 55.7 Å². The van der Waals surface area contributed by atoms with Crippen LogP contribution in [-0.2, 0) is 16.0 Å². The molecule has 1 fully saturated rings. The van der Waals surface area contributed by atoms with Crippen LogP contribution in [0.15, 0.2) is 66.7 Å². The van der Waals surface area contributed by atoms with E-state index in [1.54, 1.807) is 50.5 Å². The van der Waals surface area contributed by atoms with Gasteiger partial charge in [0.2, 0.25) is 5.91 Å². The number of rotatable bonds is 10. The highest BCUT2D eigenvalue weighted by molar-refractivity contribution is 7.80. The van der Waals surface area contributed by atoms with Crippen LogP contribution in [0, 0.1) is 5.82 Å². The third-order valence-electron chi connectivity index (χ3n) is 6.25. The number of amides is 2. The number of methoxy groups -OCH3 is 3. The lowest BCUT2D eigenvalue weighted by atomic mass is 10.1. The molecular weight excluding hydrogens is 509 g/mol. The summed E-state index contributed by atoms with van der Waals surface area (Å²) < 4.78 is 29.2. The fraction of sp³-hybridized carbons (Fsp3) is 0.250. The SMILES string of the molecule is COc1ccc(N2C(=O)C(CC(=O)Nc3ccc(F)cc3)N(CCc3ccc(OC)c(OC)c3)C2=S)cc1. The van der Waals surface area contributed by atoms with Gasteiger partial charge < -0.3 is 24.4 Å². The molecule has 2 amide bonds. The van der Waals surface area contributed by atoms with E-state index >= 15 is 0 Å². The van der Waals surface area contributed by atoms with Gasteiger partial charge in [0.05, 0.1) is 33.4 Å². The molecule has 8 nitrogen and oxygen atoms in total. The fourth-order valence-electron chi connectivity index (χ4n) is 4.26. The van der Waals surface area contributed by atoms with Crippen LogP contribution >= 0.6 is 12.2 Å². The van der Waals surface area contributed by atoms with Crippen molar-refractivity contribution >= 4 is 40.5 Å². The second kappa shape index (κ2) is 11.9. The number of nitrogens with one attached hydrogen (secondary N) is 1. The molecule has 0 radical (unpaired) electrons. The van der Waals surface area contributed by atoms with E-state index in [0.717, 1.165) is 5.56 Å². The lowest BCUT2D eigenvalue weighted by Gasteiger charge is -2.24. The third kappa shape index (κ3) is 5.86. The van der Waals surface area contributed by atoms with Gasteiger partial charge in [-0.3, -0.25) is 14.5 Å². The third-order valence-corrected chi connectivity index (χ3v) is 6.66. The zero-order chi connectivity index (χ0) is 27.2. The maximum absolute atomic E-state index is 13.6. The van der Waals surface area contributed by atoms with Crippen molar-refractivity contribution in [2.45, 2.75) is 18.9 Å². The van der Waals surface area contributed by atoms with Crippen molar-refractivity contribution in [3.8, 4) is 17.2 Å². The molecule has 198 valence electrons. The summed E-state index contributed by atoms with van der Waals surface area (Å²) >= 11 is 5.74. The number of ether oxygens (including phenoxy) is 3. The average Bonchev–Trinajstić information content (AvgIpc) is 3.16. The van der Waals surface area contributed by atoms with E-state index in [0.29, 0.717) is 46.7 Å². The lowest BCUT2D eigenvalue weighted by molar-refractivity contribution is -0.124. The monoisotopic (exact) mass is 537 g/mol. The summed E-state index contributed by atoms with van der Waals surface area (Å²) in [6.45, 7) is 0.390. The van der Waals surface area contributed by atoms with Crippen molar-refractivity contribution in [2.24, 2.45) is 0 Å². The Labute approximate surface area is 225 Å². The van der Waals surface area contributed by atoms with Crippen molar-refractivity contribution in [1.29, 1.82) is 0 Å². The van der Waals surface area contributed by atoms with Crippen LogP contribution in [0.4, 0.5) is 15.8 Å². The zero-order valence-electron chi connectivity index (χ0n) is 21.3. The molecule has 38 heavy (non-hydrogen) atoms. The maximum atomic E-state index is 13.6.